The minimum absolute atomic E-state index is 0.0410. The summed E-state index contributed by atoms with van der Waals surface area (Å²) in [5, 5.41) is 3.19. The summed E-state index contributed by atoms with van der Waals surface area (Å²) in [6, 6.07) is 6.42. The number of amides is 2. The molecule has 2 aliphatic rings. The first-order valence-corrected chi connectivity index (χ1v) is 21.5. The second kappa shape index (κ2) is 26.2. The van der Waals surface area contributed by atoms with Crippen LogP contribution in [-0.2, 0) is 102 Å². The molecule has 2 fully saturated rings. The molecule has 0 bridgehead atoms. The molecule has 1 aromatic rings. The van der Waals surface area contributed by atoms with Gasteiger partial charge in [-0.3, -0.25) is 47.9 Å². The molecular weight excluding hydrogens is 890 g/mol. The molecule has 0 spiro atoms. The molecule has 0 radical (unpaired) electrons. The van der Waals surface area contributed by atoms with E-state index in [9.17, 15) is 47.9 Å². The molecule has 2 amide bonds. The maximum atomic E-state index is 14.9. The van der Waals surface area contributed by atoms with E-state index in [-0.39, 0.29) is 32.4 Å². The predicted molar refractivity (Wildman–Crippen MR) is 225 cm³/mol. The first kappa shape index (κ1) is 55.1. The van der Waals surface area contributed by atoms with E-state index in [1.807, 2.05) is 0 Å². The topological polar surface area (TPSA) is 304 Å². The van der Waals surface area contributed by atoms with Crippen LogP contribution in [0.1, 0.15) is 80.7 Å². The van der Waals surface area contributed by atoms with Gasteiger partial charge in [-0.1, -0.05) is 30.3 Å². The zero-order valence-corrected chi connectivity index (χ0v) is 39.0. The molecule has 2 saturated heterocycles. The van der Waals surface area contributed by atoms with E-state index in [1.165, 1.54) is 11.8 Å². The summed E-state index contributed by atoms with van der Waals surface area (Å²) in [5.41, 5.74) is 6.48. The average molecular weight is 952 g/mol. The predicted octanol–water partition coefficient (Wildman–Crippen LogP) is -0.0789. The summed E-state index contributed by atoms with van der Waals surface area (Å²) < 4.78 is 56.0. The monoisotopic (exact) mass is 951 g/mol. The highest BCUT2D eigenvalue weighted by Crippen LogP contribution is 2.33. The van der Waals surface area contributed by atoms with Crippen LogP contribution in [0.25, 0.3) is 0 Å². The van der Waals surface area contributed by atoms with Crippen LogP contribution in [0.3, 0.4) is 0 Å². The first-order chi connectivity index (χ1) is 31.5. The summed E-state index contributed by atoms with van der Waals surface area (Å²) >= 11 is 0. The Morgan fingerprint density at radius 2 is 0.925 bits per heavy atom. The van der Waals surface area contributed by atoms with E-state index in [0.717, 1.165) is 55.4 Å². The smallest absolute Gasteiger partial charge is 0.303 e. The second-order valence-corrected chi connectivity index (χ2v) is 15.9. The molecule has 23 nitrogen and oxygen atoms in total. The molecule has 3 rings (SSSR count). The minimum Gasteiger partial charge on any atom is -0.463 e. The van der Waals surface area contributed by atoms with Gasteiger partial charge in [0.05, 0.1) is 6.04 Å². The zero-order chi connectivity index (χ0) is 50.1. The fraction of sp³-hybridized carbons (Fsp3) is 0.636. The van der Waals surface area contributed by atoms with E-state index in [4.69, 9.17) is 53.1 Å². The number of benzene rings is 1. The average Bonchev–Trinajstić information content (AvgIpc) is 3.22. The Hall–Kier alpha value is -6.20. The number of nitrogens with one attached hydrogen (secondary N) is 1. The third-order valence-electron chi connectivity index (χ3n) is 10.4. The van der Waals surface area contributed by atoms with E-state index < -0.39 is 146 Å². The van der Waals surface area contributed by atoms with Crippen molar-refractivity contribution in [2.75, 3.05) is 26.3 Å². The minimum atomic E-state index is -1.48. The summed E-state index contributed by atoms with van der Waals surface area (Å²) in [5.74, 6) is -7.87. The molecule has 372 valence electrons. The lowest BCUT2D eigenvalue weighted by Gasteiger charge is -2.45. The van der Waals surface area contributed by atoms with Crippen LogP contribution < -0.4 is 11.1 Å². The van der Waals surface area contributed by atoms with Crippen LogP contribution in [0.15, 0.2) is 30.3 Å². The lowest BCUT2D eigenvalue weighted by atomic mass is 9.92. The Bertz CT molecular complexity index is 1930. The molecule has 0 saturated carbocycles. The van der Waals surface area contributed by atoms with E-state index >= 15 is 0 Å². The molecular formula is C44H61N3O20. The molecule has 23 heteroatoms. The number of hydrogen-bond donors (Lipinski definition) is 2. The largest absolute Gasteiger partial charge is 0.463 e. The van der Waals surface area contributed by atoms with Crippen LogP contribution in [-0.4, -0.2) is 164 Å². The van der Waals surface area contributed by atoms with E-state index in [0.29, 0.717) is 5.56 Å². The van der Waals surface area contributed by atoms with Gasteiger partial charge in [-0.05, 0) is 38.3 Å². The van der Waals surface area contributed by atoms with Crippen molar-refractivity contribution >= 4 is 59.6 Å². The molecule has 1 aromatic carbocycles. The van der Waals surface area contributed by atoms with Crippen molar-refractivity contribution < 1.29 is 95.3 Å². The molecule has 12 atom stereocenters. The van der Waals surface area contributed by atoms with Crippen molar-refractivity contribution in [3.8, 4) is 0 Å². The maximum absolute atomic E-state index is 14.9. The number of esters is 8. The number of carbonyl (C=O) groups is 10. The van der Waals surface area contributed by atoms with Crippen LogP contribution >= 0.6 is 0 Å². The van der Waals surface area contributed by atoms with Crippen LogP contribution in [0, 0.1) is 0 Å². The van der Waals surface area contributed by atoms with Gasteiger partial charge < -0.3 is 63.3 Å². The Morgan fingerprint density at radius 3 is 1.30 bits per heavy atom. The standard InChI is InChI=1S/C44H61N3O20/c1-22(43(45)56)47(18-16-34-38(61-26(5)51)42(65-30(9)55)40(63-28(7)53)36(67-34)21-59-24(3)49)44(57)32(19-31-13-11-10-12-14-31)46-17-15-33-37(60-25(4)50)41(64-29(8)54)39(62-27(6)52)35(66-33)20-58-23(2)48/h10-14,22,32-42,46H,15-21H2,1-9H3,(H2,45,56)/t22-,32-,33-,34+,35-,36+,37-,38+,39-,40+,41-,42+/m1/s1. The fourth-order valence-electron chi connectivity index (χ4n) is 7.71. The van der Waals surface area contributed by atoms with Gasteiger partial charge in [0.1, 0.15) is 43.7 Å². The van der Waals surface area contributed by atoms with Crippen molar-refractivity contribution in [3.63, 3.8) is 0 Å². The Kier molecular flexibility index (Phi) is 21.6. The first-order valence-electron chi connectivity index (χ1n) is 21.5. The van der Waals surface area contributed by atoms with Crippen molar-refractivity contribution in [1.82, 2.24) is 10.2 Å². The number of primary amides is 1. The van der Waals surface area contributed by atoms with Crippen molar-refractivity contribution in [2.45, 2.75) is 155 Å². The molecule has 0 aromatic heterocycles. The Labute approximate surface area is 387 Å². The van der Waals surface area contributed by atoms with Gasteiger partial charge in [0.2, 0.25) is 11.8 Å². The highest BCUT2D eigenvalue weighted by molar-refractivity contribution is 5.89. The van der Waals surface area contributed by atoms with Gasteiger partial charge in [0.15, 0.2) is 36.6 Å². The normalized spacial score (nSPS) is 25.4. The maximum Gasteiger partial charge on any atom is 0.303 e. The van der Waals surface area contributed by atoms with Gasteiger partial charge in [0.25, 0.3) is 0 Å². The van der Waals surface area contributed by atoms with Crippen molar-refractivity contribution in [1.29, 1.82) is 0 Å². The van der Waals surface area contributed by atoms with E-state index in [2.05, 4.69) is 5.32 Å². The van der Waals surface area contributed by atoms with Crippen LogP contribution in [0.5, 0.6) is 0 Å². The highest BCUT2D eigenvalue weighted by Gasteiger charge is 2.53. The fourth-order valence-corrected chi connectivity index (χ4v) is 7.71. The molecule has 2 aliphatic heterocycles. The third kappa shape index (κ3) is 17.5. The van der Waals surface area contributed by atoms with Gasteiger partial charge in [0, 0.05) is 61.9 Å². The number of rotatable bonds is 22. The number of nitrogens with zero attached hydrogens (tertiary/aromatic N) is 1. The quantitative estimate of drug-likeness (QED) is 0.113. The zero-order valence-electron chi connectivity index (χ0n) is 39.0. The van der Waals surface area contributed by atoms with Gasteiger partial charge >= 0.3 is 47.8 Å². The number of hydrogen-bond acceptors (Lipinski definition) is 21. The highest BCUT2D eigenvalue weighted by atomic mass is 16.7. The van der Waals surface area contributed by atoms with Crippen LogP contribution in [0.4, 0.5) is 0 Å². The Balaban J connectivity index is 2.03. The van der Waals surface area contributed by atoms with Crippen LogP contribution in [0.2, 0.25) is 0 Å². The Morgan fingerprint density at radius 1 is 0.552 bits per heavy atom. The second-order valence-electron chi connectivity index (χ2n) is 15.9. The third-order valence-corrected chi connectivity index (χ3v) is 10.4. The molecule has 0 unspecified atom stereocenters. The van der Waals surface area contributed by atoms with Gasteiger partial charge in [-0.15, -0.1) is 0 Å². The lowest BCUT2D eigenvalue weighted by molar-refractivity contribution is -0.253. The van der Waals surface area contributed by atoms with Crippen molar-refractivity contribution in [3.05, 3.63) is 35.9 Å². The molecule has 2 heterocycles. The van der Waals surface area contributed by atoms with E-state index in [1.54, 1.807) is 30.3 Å². The molecule has 67 heavy (non-hydrogen) atoms. The number of nitrogens with two attached hydrogens (primary N) is 1. The summed E-state index contributed by atoms with van der Waals surface area (Å²) in [4.78, 5) is 127. The summed E-state index contributed by atoms with van der Waals surface area (Å²) in [6.45, 7) is 8.90. The van der Waals surface area contributed by atoms with Crippen molar-refractivity contribution in [2.24, 2.45) is 5.73 Å². The summed E-state index contributed by atoms with van der Waals surface area (Å²) in [6.07, 6.45) is -13.6. The molecule has 0 aliphatic carbocycles. The van der Waals surface area contributed by atoms with Gasteiger partial charge in [-0.25, -0.2) is 0 Å². The SMILES string of the molecule is CC(=O)OC[C@@H]1O[C@@H](CCN(C(=O)[C@@H](Cc2ccccc2)NCC[C@H]2O[C@H](COC(C)=O)[C@@H](OC(C)=O)[C@H](OC(C)=O)[C@@H]2OC(C)=O)[C@H](C)C(N)=O)[C@H](OC(C)=O)[C@H](OC(C)=O)[C@H]1OC(C)=O. The summed E-state index contributed by atoms with van der Waals surface area (Å²) in [7, 11) is 0. The molecule has 3 N–H and O–H groups in total. The number of carbonyl (C=O) groups excluding carboxylic acids is 10. The number of ether oxygens (including phenoxy) is 10. The lowest BCUT2D eigenvalue weighted by Crippen LogP contribution is -2.63. The van der Waals surface area contributed by atoms with Gasteiger partial charge in [-0.2, -0.15) is 0 Å².